The number of nitrogens with zero attached hydrogens (tertiary/aromatic N) is 4. The molecule has 0 aliphatic heterocycles. The largest absolute Gasteiger partial charge is 0.268 e. The third kappa shape index (κ3) is 3.64. The lowest BCUT2D eigenvalue weighted by Gasteiger charge is -2.12. The van der Waals surface area contributed by atoms with Gasteiger partial charge in [-0.05, 0) is 68.0 Å². The number of fused-ring (bicyclic) bond motifs is 5. The highest BCUT2D eigenvalue weighted by molar-refractivity contribution is 9.10. The highest BCUT2D eigenvalue weighted by Gasteiger charge is 2.25. The summed E-state index contributed by atoms with van der Waals surface area (Å²) in [6.07, 6.45) is 4.33. The van der Waals surface area contributed by atoms with Crippen molar-refractivity contribution in [2.45, 2.75) is 43.5 Å². The molecule has 0 bridgehead atoms. The number of thioether (sulfide) groups is 1. The lowest BCUT2D eigenvalue weighted by atomic mass is 9.97. The summed E-state index contributed by atoms with van der Waals surface area (Å²) in [5, 5.41) is 10.7. The van der Waals surface area contributed by atoms with Crippen LogP contribution in [-0.4, -0.2) is 19.2 Å². The van der Waals surface area contributed by atoms with Crippen LogP contribution in [0.1, 0.15) is 34.4 Å². The minimum Gasteiger partial charge on any atom is -0.268 e. The fraction of sp³-hybridized carbons (Fsp3) is 0.240. The second kappa shape index (κ2) is 8.42. The predicted molar refractivity (Wildman–Crippen MR) is 139 cm³/mol. The molecule has 0 radical (unpaired) electrons. The van der Waals surface area contributed by atoms with E-state index in [9.17, 15) is 4.79 Å². The second-order valence-corrected chi connectivity index (χ2v) is 11.3. The van der Waals surface area contributed by atoms with Gasteiger partial charge in [-0.25, -0.2) is 8.97 Å². The first kappa shape index (κ1) is 21.1. The normalized spacial score (nSPS) is 13.6. The second-order valence-electron chi connectivity index (χ2n) is 8.40. The Balaban J connectivity index is 1.58. The average molecular weight is 538 g/mol. The minimum atomic E-state index is 0.0117. The molecule has 0 unspecified atom stereocenters. The minimum absolute atomic E-state index is 0.0117. The summed E-state index contributed by atoms with van der Waals surface area (Å²) in [6.45, 7) is 2.05. The fourth-order valence-corrected chi connectivity index (χ4v) is 7.06. The van der Waals surface area contributed by atoms with Crippen molar-refractivity contribution in [2.75, 3.05) is 0 Å². The molecule has 0 spiro atoms. The van der Waals surface area contributed by atoms with E-state index in [0.29, 0.717) is 5.78 Å². The lowest BCUT2D eigenvalue weighted by Crippen LogP contribution is -2.22. The summed E-state index contributed by atoms with van der Waals surface area (Å²) >= 11 is 6.90. The van der Waals surface area contributed by atoms with Gasteiger partial charge in [0.15, 0.2) is 5.16 Å². The molecule has 1 aliphatic carbocycles. The van der Waals surface area contributed by atoms with Gasteiger partial charge in [0.25, 0.3) is 5.56 Å². The summed E-state index contributed by atoms with van der Waals surface area (Å²) in [5.41, 5.74) is 4.44. The van der Waals surface area contributed by atoms with Crippen molar-refractivity contribution in [3.63, 3.8) is 0 Å². The lowest BCUT2D eigenvalue weighted by molar-refractivity contribution is 0.699. The van der Waals surface area contributed by atoms with Crippen molar-refractivity contribution < 1.29 is 0 Å². The van der Waals surface area contributed by atoms with Crippen LogP contribution in [0.2, 0.25) is 0 Å². The molecular weight excluding hydrogens is 516 g/mol. The SMILES string of the molecule is Cc1ccc(-n2c(=O)c3c4c(sc3n3c(SCc5ccc(Br)cc5)nnc23)CCCC4)cc1. The third-order valence-electron chi connectivity index (χ3n) is 6.16. The molecule has 6 rings (SSSR count). The standard InChI is InChI=1S/C25H21BrN4OS2/c1-15-6-12-18(13-7-15)29-22(31)21-19-4-2-3-5-20(19)33-23(21)30-24(29)27-28-25(30)32-14-16-8-10-17(26)11-9-16/h6-13H,2-5,14H2,1H3. The van der Waals surface area contributed by atoms with Gasteiger partial charge in [0, 0.05) is 15.1 Å². The third-order valence-corrected chi connectivity index (χ3v) is 8.97. The summed E-state index contributed by atoms with van der Waals surface area (Å²) < 4.78 is 4.90. The van der Waals surface area contributed by atoms with Gasteiger partial charge in [0.05, 0.1) is 11.1 Å². The Labute approximate surface area is 207 Å². The smallest absolute Gasteiger partial charge is 0.268 e. The van der Waals surface area contributed by atoms with Gasteiger partial charge in [-0.1, -0.05) is 57.5 Å². The first-order valence-corrected chi connectivity index (χ1v) is 13.6. The maximum absolute atomic E-state index is 13.9. The molecule has 0 saturated heterocycles. The molecule has 8 heteroatoms. The monoisotopic (exact) mass is 536 g/mol. The number of halogens is 1. The van der Waals surface area contributed by atoms with Gasteiger partial charge in [-0.15, -0.1) is 21.5 Å². The van der Waals surface area contributed by atoms with Gasteiger partial charge in [0.2, 0.25) is 5.78 Å². The molecule has 33 heavy (non-hydrogen) atoms. The van der Waals surface area contributed by atoms with E-state index in [1.807, 2.05) is 24.3 Å². The summed E-state index contributed by atoms with van der Waals surface area (Å²) in [6, 6.07) is 16.4. The van der Waals surface area contributed by atoms with E-state index >= 15 is 0 Å². The summed E-state index contributed by atoms with van der Waals surface area (Å²) in [4.78, 5) is 16.2. The Hall–Kier alpha value is -2.42. The molecule has 0 amide bonds. The van der Waals surface area contributed by atoms with E-state index < -0.39 is 0 Å². The average Bonchev–Trinajstić information content (AvgIpc) is 3.41. The van der Waals surface area contributed by atoms with E-state index in [0.717, 1.165) is 56.1 Å². The van der Waals surface area contributed by atoms with Crippen LogP contribution in [0.4, 0.5) is 0 Å². The molecule has 2 aromatic carbocycles. The quantitative estimate of drug-likeness (QED) is 0.251. The van der Waals surface area contributed by atoms with Crippen molar-refractivity contribution in [1.29, 1.82) is 0 Å². The first-order valence-electron chi connectivity index (χ1n) is 11.0. The molecule has 3 aromatic heterocycles. The molecule has 0 saturated carbocycles. The predicted octanol–water partition coefficient (Wildman–Crippen LogP) is 6.34. The van der Waals surface area contributed by atoms with Gasteiger partial charge in [-0.2, -0.15) is 0 Å². The van der Waals surface area contributed by atoms with E-state index in [1.54, 1.807) is 27.7 Å². The van der Waals surface area contributed by atoms with Crippen LogP contribution in [-0.2, 0) is 18.6 Å². The highest BCUT2D eigenvalue weighted by atomic mass is 79.9. The topological polar surface area (TPSA) is 52.2 Å². The van der Waals surface area contributed by atoms with Gasteiger partial charge < -0.3 is 0 Å². The molecule has 166 valence electrons. The molecule has 0 atom stereocenters. The van der Waals surface area contributed by atoms with Crippen LogP contribution in [0.15, 0.2) is 63.0 Å². The van der Waals surface area contributed by atoms with E-state index in [4.69, 9.17) is 0 Å². The molecular formula is C25H21BrN4OS2. The molecule has 5 aromatic rings. The number of thiophene rings is 1. The number of hydrogen-bond acceptors (Lipinski definition) is 5. The fourth-order valence-electron chi connectivity index (χ4n) is 4.47. The summed E-state index contributed by atoms with van der Waals surface area (Å²) in [5.74, 6) is 1.36. The number of hydrogen-bond donors (Lipinski definition) is 0. The van der Waals surface area contributed by atoms with Crippen LogP contribution in [0, 0.1) is 6.92 Å². The van der Waals surface area contributed by atoms with E-state index in [2.05, 4.69) is 61.7 Å². The Kier molecular flexibility index (Phi) is 5.39. The molecule has 1 aliphatic rings. The molecule has 0 fully saturated rings. The van der Waals surface area contributed by atoms with Crippen molar-refractivity contribution in [1.82, 2.24) is 19.2 Å². The first-order chi connectivity index (χ1) is 16.1. The van der Waals surface area contributed by atoms with E-state index in [-0.39, 0.29) is 5.56 Å². The van der Waals surface area contributed by atoms with Crippen LogP contribution >= 0.6 is 39.0 Å². The van der Waals surface area contributed by atoms with Gasteiger partial charge >= 0.3 is 0 Å². The zero-order valence-electron chi connectivity index (χ0n) is 18.0. The highest BCUT2D eigenvalue weighted by Crippen LogP contribution is 2.37. The Morgan fingerprint density at radius 3 is 2.58 bits per heavy atom. The van der Waals surface area contributed by atoms with Crippen LogP contribution in [0.3, 0.4) is 0 Å². The Morgan fingerprint density at radius 2 is 1.79 bits per heavy atom. The maximum atomic E-state index is 13.9. The molecule has 0 N–H and O–H groups in total. The van der Waals surface area contributed by atoms with Crippen LogP contribution < -0.4 is 5.56 Å². The van der Waals surface area contributed by atoms with Crippen LogP contribution in [0.5, 0.6) is 0 Å². The van der Waals surface area contributed by atoms with Gasteiger partial charge in [-0.3, -0.25) is 4.79 Å². The Bertz CT molecular complexity index is 1550. The van der Waals surface area contributed by atoms with Gasteiger partial charge in [0.1, 0.15) is 4.83 Å². The molecule has 3 heterocycles. The van der Waals surface area contributed by atoms with E-state index in [1.165, 1.54) is 22.4 Å². The number of aryl methyl sites for hydroxylation is 3. The zero-order chi connectivity index (χ0) is 22.5. The van der Waals surface area contributed by atoms with Crippen LogP contribution in [0.25, 0.3) is 21.7 Å². The molecule has 5 nitrogen and oxygen atoms in total. The Morgan fingerprint density at radius 1 is 1.03 bits per heavy atom. The van der Waals surface area contributed by atoms with Crippen molar-refractivity contribution >= 4 is 55.0 Å². The van der Waals surface area contributed by atoms with Crippen molar-refractivity contribution in [3.05, 3.63) is 84.9 Å². The maximum Gasteiger partial charge on any atom is 0.268 e. The van der Waals surface area contributed by atoms with Crippen molar-refractivity contribution in [3.8, 4) is 5.69 Å². The van der Waals surface area contributed by atoms with Crippen molar-refractivity contribution in [2.24, 2.45) is 0 Å². The number of benzene rings is 2. The number of rotatable bonds is 4. The number of aromatic nitrogens is 4. The summed E-state index contributed by atoms with van der Waals surface area (Å²) in [7, 11) is 0. The zero-order valence-corrected chi connectivity index (χ0v) is 21.3.